The maximum absolute atomic E-state index is 14.3. The van der Waals surface area contributed by atoms with Gasteiger partial charge in [-0.1, -0.05) is 41.9 Å². The van der Waals surface area contributed by atoms with Gasteiger partial charge in [-0.05, 0) is 43.3 Å². The molecule has 0 saturated carbocycles. The lowest BCUT2D eigenvalue weighted by Crippen LogP contribution is -2.47. The zero-order valence-electron chi connectivity index (χ0n) is 24.7. The Hall–Kier alpha value is -4.16. The number of nitrogens with one attached hydrogen (secondary N) is 2. The molecule has 0 aliphatic carbocycles. The molecule has 2 N–H and O–H groups in total. The number of aromatic nitrogens is 3. The Morgan fingerprint density at radius 1 is 1.05 bits per heavy atom. The van der Waals surface area contributed by atoms with E-state index in [0.717, 1.165) is 31.7 Å². The van der Waals surface area contributed by atoms with Gasteiger partial charge in [0.25, 0.3) is 5.56 Å². The van der Waals surface area contributed by atoms with E-state index in [1.54, 1.807) is 35.0 Å². The van der Waals surface area contributed by atoms with Gasteiger partial charge in [-0.15, -0.1) is 0 Å². The quantitative estimate of drug-likeness (QED) is 0.238. The van der Waals surface area contributed by atoms with Gasteiger partial charge in [0.05, 0.1) is 29.8 Å². The van der Waals surface area contributed by atoms with Gasteiger partial charge in [0.15, 0.2) is 0 Å². The third kappa shape index (κ3) is 6.66. The van der Waals surface area contributed by atoms with Crippen molar-refractivity contribution < 1.29 is 14.3 Å². The summed E-state index contributed by atoms with van der Waals surface area (Å²) in [6, 6.07) is 10.7. The van der Waals surface area contributed by atoms with Crippen molar-refractivity contribution in [3.8, 4) is 22.6 Å². The number of ether oxygens (including phenoxy) is 2. The van der Waals surface area contributed by atoms with Crippen LogP contribution in [-0.2, 0) is 17.8 Å². The number of hydrogen-bond acceptors (Lipinski definition) is 9. The van der Waals surface area contributed by atoms with Crippen LogP contribution in [0.1, 0.15) is 5.56 Å². The van der Waals surface area contributed by atoms with E-state index in [9.17, 15) is 9.59 Å². The zero-order valence-corrected chi connectivity index (χ0v) is 26.2. The molecule has 44 heavy (non-hydrogen) atoms. The van der Waals surface area contributed by atoms with Crippen LogP contribution in [0.15, 0.2) is 60.0 Å². The molecular weight excluding hydrogens is 605 g/mol. The molecule has 230 valence electrons. The average molecular weight is 639 g/mol. The van der Waals surface area contributed by atoms with Crippen LogP contribution in [0.5, 0.6) is 11.5 Å². The van der Waals surface area contributed by atoms with E-state index in [0.29, 0.717) is 52.7 Å². The molecule has 11 nitrogen and oxygen atoms in total. The molecule has 2 aromatic carbocycles. The van der Waals surface area contributed by atoms with Crippen LogP contribution < -0.4 is 25.8 Å². The van der Waals surface area contributed by atoms with E-state index >= 15 is 0 Å². The maximum Gasteiger partial charge on any atom is 0.260 e. The number of likely N-dealkylation sites (N-methyl/N-ethyl adjacent to an activating group) is 1. The number of piperazine rings is 1. The normalized spacial score (nSPS) is 13.9. The number of carbonyl (C=O) groups excluding carboxylic acids is 1. The molecule has 13 heteroatoms. The number of methoxy groups -OCH3 is 2. The van der Waals surface area contributed by atoms with Crippen molar-refractivity contribution in [2.75, 3.05) is 58.2 Å². The average Bonchev–Trinajstić information content (AvgIpc) is 3.03. The van der Waals surface area contributed by atoms with Crippen molar-refractivity contribution in [3.05, 3.63) is 81.2 Å². The first-order valence-electron chi connectivity index (χ1n) is 14.0. The number of hydrogen-bond donors (Lipinski definition) is 2. The summed E-state index contributed by atoms with van der Waals surface area (Å²) in [7, 11) is 5.04. The number of halogens is 2. The Kier molecular flexibility index (Phi) is 9.70. The number of anilines is 2. The first-order valence-corrected chi connectivity index (χ1v) is 14.7. The van der Waals surface area contributed by atoms with Crippen LogP contribution >= 0.6 is 23.2 Å². The first-order chi connectivity index (χ1) is 21.2. The van der Waals surface area contributed by atoms with Gasteiger partial charge in [0.1, 0.15) is 17.1 Å². The zero-order chi connectivity index (χ0) is 31.4. The van der Waals surface area contributed by atoms with Gasteiger partial charge in [-0.2, -0.15) is 4.98 Å². The lowest BCUT2D eigenvalue weighted by molar-refractivity contribution is -0.111. The molecule has 5 rings (SSSR count). The minimum Gasteiger partial charge on any atom is -0.495 e. The molecule has 1 aliphatic heterocycles. The fraction of sp³-hybridized carbons (Fsp3) is 0.290. The Morgan fingerprint density at radius 2 is 1.70 bits per heavy atom. The highest BCUT2D eigenvalue weighted by Crippen LogP contribution is 2.45. The van der Waals surface area contributed by atoms with E-state index in [4.69, 9.17) is 37.7 Å². The number of fused-ring (bicyclic) bond motifs is 1. The lowest BCUT2D eigenvalue weighted by Gasteiger charge is -2.32. The second-order valence-electron chi connectivity index (χ2n) is 10.3. The molecule has 0 atom stereocenters. The molecule has 1 saturated heterocycles. The van der Waals surface area contributed by atoms with Crippen molar-refractivity contribution >= 4 is 51.8 Å². The van der Waals surface area contributed by atoms with Crippen LogP contribution in [0, 0.1) is 0 Å². The number of rotatable bonds is 10. The molecule has 1 aliphatic rings. The Bertz CT molecular complexity index is 1730. The predicted molar refractivity (Wildman–Crippen MR) is 174 cm³/mol. The molecule has 1 amide bonds. The van der Waals surface area contributed by atoms with E-state index < -0.39 is 0 Å². The second kappa shape index (κ2) is 13.6. The fourth-order valence-corrected chi connectivity index (χ4v) is 5.67. The van der Waals surface area contributed by atoms with Gasteiger partial charge in [-0.3, -0.25) is 19.6 Å². The number of pyridine rings is 1. The summed E-state index contributed by atoms with van der Waals surface area (Å²) in [5.74, 6) is 0.741. The Labute approximate surface area is 265 Å². The molecule has 0 radical (unpaired) electrons. The smallest absolute Gasteiger partial charge is 0.260 e. The van der Waals surface area contributed by atoms with Crippen molar-refractivity contribution in [3.63, 3.8) is 0 Å². The summed E-state index contributed by atoms with van der Waals surface area (Å²) in [5, 5.41) is 5.80. The van der Waals surface area contributed by atoms with Gasteiger partial charge in [0, 0.05) is 61.6 Å². The van der Waals surface area contributed by atoms with E-state index in [2.05, 4.69) is 39.3 Å². The SMILES string of the molecule is C=CC(=O)Nc1ccc(CCn2c(=O)c(-c3c(Cl)c(OC)cc(OC)c3Cl)cc3cnc(NN4CCN(C)CC4)nc32)cc1. The highest BCUT2D eigenvalue weighted by Gasteiger charge is 2.24. The van der Waals surface area contributed by atoms with Crippen LogP contribution in [0.25, 0.3) is 22.2 Å². The maximum atomic E-state index is 14.3. The summed E-state index contributed by atoms with van der Waals surface area (Å²) >= 11 is 13.5. The molecular formula is C31H33Cl2N7O4. The minimum atomic E-state index is -0.337. The van der Waals surface area contributed by atoms with Gasteiger partial charge in [0.2, 0.25) is 11.9 Å². The molecule has 4 aromatic rings. The number of nitrogens with zero attached hydrogens (tertiary/aromatic N) is 5. The lowest BCUT2D eigenvalue weighted by atomic mass is 10.0. The number of aryl methyl sites for hydroxylation is 2. The Balaban J connectivity index is 1.58. The van der Waals surface area contributed by atoms with Gasteiger partial charge in [-0.25, -0.2) is 9.99 Å². The number of carbonyl (C=O) groups is 1. The summed E-state index contributed by atoms with van der Waals surface area (Å²) in [4.78, 5) is 37.5. The number of amides is 1. The van der Waals surface area contributed by atoms with Crippen LogP contribution in [0.3, 0.4) is 0 Å². The molecule has 3 heterocycles. The minimum absolute atomic E-state index is 0.188. The highest BCUT2D eigenvalue weighted by molar-refractivity contribution is 6.41. The van der Waals surface area contributed by atoms with Crippen LogP contribution in [0.4, 0.5) is 11.6 Å². The largest absolute Gasteiger partial charge is 0.495 e. The van der Waals surface area contributed by atoms with Crippen molar-refractivity contribution in [1.29, 1.82) is 0 Å². The topological polar surface area (TPSA) is 114 Å². The summed E-state index contributed by atoms with van der Waals surface area (Å²) in [6.07, 6.45) is 3.39. The van der Waals surface area contributed by atoms with Gasteiger partial charge >= 0.3 is 0 Å². The van der Waals surface area contributed by atoms with Crippen LogP contribution in [0.2, 0.25) is 10.0 Å². The number of hydrazine groups is 1. The monoisotopic (exact) mass is 637 g/mol. The second-order valence-corrected chi connectivity index (χ2v) is 11.1. The molecule has 0 spiro atoms. The summed E-state index contributed by atoms with van der Waals surface area (Å²) in [5.41, 5.74) is 5.57. The van der Waals surface area contributed by atoms with E-state index in [1.165, 1.54) is 20.3 Å². The van der Waals surface area contributed by atoms with E-state index in [-0.39, 0.29) is 27.1 Å². The first kappa shape index (κ1) is 31.3. The van der Waals surface area contributed by atoms with Crippen LogP contribution in [-0.4, -0.2) is 77.8 Å². The Morgan fingerprint density at radius 3 is 2.32 bits per heavy atom. The standard InChI is InChI=1S/C31H33Cl2N7O4/c1-5-25(41)35-21-8-6-19(7-9-21)10-11-40-29-20(18-34-31(36-29)37-39-14-12-38(2)13-15-39)16-22(30(40)42)26-27(32)23(43-3)17-24(44-4)28(26)33/h5-9,16-18H,1,10-15H2,2-4H3,(H,35,41)(H,34,36,37). The molecule has 0 unspecified atom stereocenters. The molecule has 0 bridgehead atoms. The summed E-state index contributed by atoms with van der Waals surface area (Å²) in [6.45, 7) is 7.21. The molecule has 1 fully saturated rings. The fourth-order valence-electron chi connectivity index (χ4n) is 4.97. The number of benzene rings is 2. The third-order valence-corrected chi connectivity index (χ3v) is 8.21. The van der Waals surface area contributed by atoms with Crippen molar-refractivity contribution in [1.82, 2.24) is 24.4 Å². The summed E-state index contributed by atoms with van der Waals surface area (Å²) < 4.78 is 12.5. The third-order valence-electron chi connectivity index (χ3n) is 7.46. The highest BCUT2D eigenvalue weighted by atomic mass is 35.5. The van der Waals surface area contributed by atoms with Gasteiger partial charge < -0.3 is 19.7 Å². The predicted octanol–water partition coefficient (Wildman–Crippen LogP) is 4.72. The van der Waals surface area contributed by atoms with Crippen molar-refractivity contribution in [2.24, 2.45) is 0 Å². The molecule has 2 aromatic heterocycles. The van der Waals surface area contributed by atoms with E-state index in [1.807, 2.05) is 12.1 Å². The van der Waals surface area contributed by atoms with Crippen molar-refractivity contribution in [2.45, 2.75) is 13.0 Å².